The molecule has 0 saturated heterocycles. The van der Waals surface area contributed by atoms with Gasteiger partial charge in [0.1, 0.15) is 11.4 Å². The van der Waals surface area contributed by atoms with Crippen LogP contribution in [0.2, 0.25) is 5.02 Å². The lowest BCUT2D eigenvalue weighted by Gasteiger charge is -2.13. The number of hydrogen-bond donors (Lipinski definition) is 1. The van der Waals surface area contributed by atoms with Crippen LogP contribution < -0.4 is 21.3 Å². The minimum absolute atomic E-state index is 0.0549. The molecule has 122 valence electrons. The minimum Gasteiger partial charge on any atom is -0.484 e. The van der Waals surface area contributed by atoms with Gasteiger partial charge in [-0.15, -0.1) is 0 Å². The van der Waals surface area contributed by atoms with E-state index >= 15 is 0 Å². The predicted octanol–water partition coefficient (Wildman–Crippen LogP) is 1.06. The second kappa shape index (κ2) is 6.70. The summed E-state index contributed by atoms with van der Waals surface area (Å²) < 4.78 is 7.53. The molecule has 1 aromatic heterocycles. The van der Waals surface area contributed by atoms with Crippen LogP contribution in [-0.2, 0) is 18.9 Å². The molecule has 1 aromatic carbocycles. The zero-order valence-electron chi connectivity index (χ0n) is 12.9. The number of halogens is 1. The van der Waals surface area contributed by atoms with Crippen LogP contribution in [0.25, 0.3) is 0 Å². The molecule has 0 fully saturated rings. The van der Waals surface area contributed by atoms with Gasteiger partial charge in [0.15, 0.2) is 6.61 Å². The van der Waals surface area contributed by atoms with E-state index in [2.05, 4.69) is 5.32 Å². The maximum atomic E-state index is 12.1. The Kier molecular flexibility index (Phi) is 4.90. The number of carbonyl (C=O) groups excluding carboxylic acids is 1. The lowest BCUT2D eigenvalue weighted by Crippen LogP contribution is -2.40. The van der Waals surface area contributed by atoms with Crippen molar-refractivity contribution in [3.05, 3.63) is 55.8 Å². The Labute approximate surface area is 137 Å². The Morgan fingerprint density at radius 2 is 1.78 bits per heavy atom. The summed E-state index contributed by atoms with van der Waals surface area (Å²) in [6, 6.07) is 6.54. The highest BCUT2D eigenvalue weighted by molar-refractivity contribution is 6.30. The molecule has 0 aliphatic carbocycles. The van der Waals surface area contributed by atoms with Gasteiger partial charge in [0.05, 0.1) is 0 Å². The largest absolute Gasteiger partial charge is 0.484 e. The number of ether oxygens (including phenoxy) is 1. The SMILES string of the molecule is Cc1c(NC(=O)COc2ccc(Cl)cc2)c(=O)n(C)c(=O)n1C. The first-order valence-electron chi connectivity index (χ1n) is 6.76. The molecule has 0 saturated carbocycles. The Balaban J connectivity index is 2.13. The van der Waals surface area contributed by atoms with E-state index in [0.29, 0.717) is 16.5 Å². The molecule has 23 heavy (non-hydrogen) atoms. The number of carbonyl (C=O) groups is 1. The van der Waals surface area contributed by atoms with E-state index < -0.39 is 17.2 Å². The first-order valence-corrected chi connectivity index (χ1v) is 7.14. The van der Waals surface area contributed by atoms with Gasteiger partial charge in [-0.3, -0.25) is 18.7 Å². The topological polar surface area (TPSA) is 82.3 Å². The second-order valence-electron chi connectivity index (χ2n) is 4.96. The van der Waals surface area contributed by atoms with Crippen LogP contribution in [0.3, 0.4) is 0 Å². The van der Waals surface area contributed by atoms with Gasteiger partial charge in [-0.25, -0.2) is 4.79 Å². The highest BCUT2D eigenvalue weighted by atomic mass is 35.5. The Bertz CT molecular complexity index is 853. The van der Waals surface area contributed by atoms with Crippen molar-refractivity contribution in [3.8, 4) is 5.75 Å². The molecule has 0 aliphatic heterocycles. The number of anilines is 1. The van der Waals surface area contributed by atoms with Crippen molar-refractivity contribution in [2.45, 2.75) is 6.92 Å². The monoisotopic (exact) mass is 337 g/mol. The average Bonchev–Trinajstić information content (AvgIpc) is 2.54. The summed E-state index contributed by atoms with van der Waals surface area (Å²) in [6.45, 7) is 1.31. The molecule has 2 aromatic rings. The van der Waals surface area contributed by atoms with Crippen molar-refractivity contribution in [2.75, 3.05) is 11.9 Å². The number of rotatable bonds is 4. The third-order valence-corrected chi connectivity index (χ3v) is 3.66. The van der Waals surface area contributed by atoms with E-state index in [-0.39, 0.29) is 12.3 Å². The highest BCUT2D eigenvalue weighted by Crippen LogP contribution is 2.15. The van der Waals surface area contributed by atoms with Gasteiger partial charge in [-0.1, -0.05) is 11.6 Å². The van der Waals surface area contributed by atoms with Gasteiger partial charge < -0.3 is 10.1 Å². The van der Waals surface area contributed by atoms with E-state index in [1.807, 2.05) is 0 Å². The molecule has 0 aliphatic rings. The summed E-state index contributed by atoms with van der Waals surface area (Å²) >= 11 is 5.76. The first kappa shape index (κ1) is 16.8. The molecule has 8 heteroatoms. The Morgan fingerprint density at radius 3 is 2.39 bits per heavy atom. The van der Waals surface area contributed by atoms with Crippen molar-refractivity contribution in [3.63, 3.8) is 0 Å². The number of nitrogens with one attached hydrogen (secondary N) is 1. The Morgan fingerprint density at radius 1 is 1.17 bits per heavy atom. The fraction of sp³-hybridized carbons (Fsp3) is 0.267. The molecule has 1 heterocycles. The molecule has 0 unspecified atom stereocenters. The third kappa shape index (κ3) is 3.62. The minimum atomic E-state index is -0.564. The molecule has 7 nitrogen and oxygen atoms in total. The molecular formula is C15H16ClN3O4. The fourth-order valence-corrected chi connectivity index (χ4v) is 2.07. The molecule has 0 bridgehead atoms. The maximum Gasteiger partial charge on any atom is 0.330 e. The summed E-state index contributed by atoms with van der Waals surface area (Å²) in [6.07, 6.45) is 0. The average molecular weight is 338 g/mol. The van der Waals surface area contributed by atoms with E-state index in [1.165, 1.54) is 18.7 Å². The number of aromatic nitrogens is 2. The predicted molar refractivity (Wildman–Crippen MR) is 87.2 cm³/mol. The van der Waals surface area contributed by atoms with Gasteiger partial charge in [0.2, 0.25) is 0 Å². The summed E-state index contributed by atoms with van der Waals surface area (Å²) in [7, 11) is 2.88. The zero-order chi connectivity index (χ0) is 17.1. The van der Waals surface area contributed by atoms with Crippen LogP contribution in [0.4, 0.5) is 5.69 Å². The lowest BCUT2D eigenvalue weighted by atomic mass is 10.3. The van der Waals surface area contributed by atoms with Gasteiger partial charge >= 0.3 is 5.69 Å². The van der Waals surface area contributed by atoms with E-state index in [0.717, 1.165) is 4.57 Å². The van der Waals surface area contributed by atoms with Gasteiger partial charge in [0.25, 0.3) is 11.5 Å². The molecule has 0 spiro atoms. The van der Waals surface area contributed by atoms with Crippen LogP contribution in [0.15, 0.2) is 33.9 Å². The third-order valence-electron chi connectivity index (χ3n) is 3.41. The van der Waals surface area contributed by atoms with Crippen LogP contribution in [0.1, 0.15) is 5.69 Å². The number of nitrogens with zero attached hydrogens (tertiary/aromatic N) is 2. The Hall–Kier alpha value is -2.54. The van der Waals surface area contributed by atoms with Crippen LogP contribution in [-0.4, -0.2) is 21.6 Å². The number of benzene rings is 1. The first-order chi connectivity index (χ1) is 10.8. The van der Waals surface area contributed by atoms with Crippen molar-refractivity contribution < 1.29 is 9.53 Å². The van der Waals surface area contributed by atoms with Crippen molar-refractivity contribution in [1.29, 1.82) is 0 Å². The smallest absolute Gasteiger partial charge is 0.330 e. The van der Waals surface area contributed by atoms with Gasteiger partial charge in [0, 0.05) is 24.8 Å². The lowest BCUT2D eigenvalue weighted by molar-refractivity contribution is -0.118. The molecule has 1 N–H and O–H groups in total. The summed E-state index contributed by atoms with van der Waals surface area (Å²) in [4.78, 5) is 35.8. The maximum absolute atomic E-state index is 12.1. The van der Waals surface area contributed by atoms with Gasteiger partial charge in [-0.2, -0.15) is 0 Å². The summed E-state index contributed by atoms with van der Waals surface area (Å²) in [5.74, 6) is -0.0200. The molecule has 1 amide bonds. The standard InChI is InChI=1S/C15H16ClN3O4/c1-9-13(14(21)19(3)15(22)18(9)2)17-12(20)8-23-11-6-4-10(16)5-7-11/h4-7H,8H2,1-3H3,(H,17,20). The van der Waals surface area contributed by atoms with Crippen molar-refractivity contribution in [2.24, 2.45) is 14.1 Å². The quantitative estimate of drug-likeness (QED) is 0.904. The molecular weight excluding hydrogens is 322 g/mol. The van der Waals surface area contributed by atoms with Crippen LogP contribution in [0, 0.1) is 6.92 Å². The second-order valence-corrected chi connectivity index (χ2v) is 5.39. The van der Waals surface area contributed by atoms with E-state index in [1.54, 1.807) is 31.2 Å². The van der Waals surface area contributed by atoms with Crippen molar-refractivity contribution in [1.82, 2.24) is 9.13 Å². The summed E-state index contributed by atoms with van der Waals surface area (Å²) in [5, 5.41) is 3.05. The van der Waals surface area contributed by atoms with E-state index in [4.69, 9.17) is 16.3 Å². The summed E-state index contributed by atoms with van der Waals surface area (Å²) in [5.41, 5.74) is -0.592. The van der Waals surface area contributed by atoms with E-state index in [9.17, 15) is 14.4 Å². The zero-order valence-corrected chi connectivity index (χ0v) is 13.7. The number of amides is 1. The fourth-order valence-electron chi connectivity index (χ4n) is 1.94. The molecule has 0 atom stereocenters. The molecule has 2 rings (SSSR count). The van der Waals surface area contributed by atoms with Gasteiger partial charge in [-0.05, 0) is 31.2 Å². The highest BCUT2D eigenvalue weighted by Gasteiger charge is 2.15. The van der Waals surface area contributed by atoms with Crippen LogP contribution >= 0.6 is 11.6 Å². The van der Waals surface area contributed by atoms with Crippen LogP contribution in [0.5, 0.6) is 5.75 Å². The molecule has 0 radical (unpaired) electrons. The normalized spacial score (nSPS) is 10.4. The van der Waals surface area contributed by atoms with Crippen molar-refractivity contribution >= 4 is 23.2 Å². The number of hydrogen-bond acceptors (Lipinski definition) is 4.